The lowest BCUT2D eigenvalue weighted by molar-refractivity contribution is -0.385. The third kappa shape index (κ3) is 4.61. The lowest BCUT2D eigenvalue weighted by Crippen LogP contribution is -2.41. The maximum Gasteiger partial charge on any atom is 0.326 e. The molecule has 1 aromatic rings. The van der Waals surface area contributed by atoms with Gasteiger partial charge in [0.15, 0.2) is 0 Å². The van der Waals surface area contributed by atoms with Crippen LogP contribution in [0.25, 0.3) is 0 Å². The molecule has 1 amide bonds. The van der Waals surface area contributed by atoms with Crippen LogP contribution in [0.2, 0.25) is 5.02 Å². The first kappa shape index (κ1) is 17.3. The van der Waals surface area contributed by atoms with Gasteiger partial charge in [-0.05, 0) is 30.6 Å². The number of carbonyl (C=O) groups excluding carboxylic acids is 1. The fraction of sp³-hybridized carbons (Fsp3) is 0.333. The Morgan fingerprint density at radius 1 is 1.52 bits per heavy atom. The van der Waals surface area contributed by atoms with Crippen LogP contribution in [0, 0.1) is 10.1 Å². The van der Waals surface area contributed by atoms with Gasteiger partial charge in [0.2, 0.25) is 0 Å². The largest absolute Gasteiger partial charge is 0.480 e. The third-order valence-electron chi connectivity index (χ3n) is 2.63. The number of hydrogen-bond donors (Lipinski definition) is 2. The number of hydrogen-bond acceptors (Lipinski definition) is 5. The van der Waals surface area contributed by atoms with E-state index in [2.05, 4.69) is 5.32 Å². The van der Waals surface area contributed by atoms with Crippen LogP contribution in [0.1, 0.15) is 16.8 Å². The van der Waals surface area contributed by atoms with Gasteiger partial charge < -0.3 is 10.4 Å². The van der Waals surface area contributed by atoms with E-state index in [9.17, 15) is 19.7 Å². The summed E-state index contributed by atoms with van der Waals surface area (Å²) in [4.78, 5) is 33.3. The van der Waals surface area contributed by atoms with Crippen molar-refractivity contribution in [3.05, 3.63) is 38.9 Å². The van der Waals surface area contributed by atoms with Crippen LogP contribution in [0.4, 0.5) is 5.69 Å². The normalized spacial score (nSPS) is 11.7. The number of nitro benzene ring substituents is 1. The number of amides is 1. The number of carbonyl (C=O) groups is 2. The highest BCUT2D eigenvalue weighted by molar-refractivity contribution is 7.98. The number of carboxylic acids is 1. The number of carboxylic acid groups (broad SMARTS) is 1. The number of nitrogens with one attached hydrogen (secondary N) is 1. The van der Waals surface area contributed by atoms with Crippen molar-refractivity contribution in [3.63, 3.8) is 0 Å². The number of halogens is 1. The summed E-state index contributed by atoms with van der Waals surface area (Å²) in [6.45, 7) is 0. The van der Waals surface area contributed by atoms with Gasteiger partial charge in [-0.15, -0.1) is 0 Å². The van der Waals surface area contributed by atoms with Gasteiger partial charge in [0.05, 0.1) is 4.92 Å². The second kappa shape index (κ2) is 7.84. The molecule has 0 saturated carbocycles. The monoisotopic (exact) mass is 332 g/mol. The SMILES string of the molecule is CSCCC(NC(=O)c1cccc(Cl)c1[N+](=O)[O-])C(=O)O. The minimum absolute atomic E-state index is 0.177. The average Bonchev–Trinajstić information content (AvgIpc) is 2.42. The quantitative estimate of drug-likeness (QED) is 0.585. The number of nitro groups is 1. The molecule has 1 rings (SSSR count). The maximum atomic E-state index is 12.1. The van der Waals surface area contributed by atoms with Gasteiger partial charge in [0, 0.05) is 0 Å². The molecule has 0 fully saturated rings. The standard InChI is InChI=1S/C12H13ClN2O5S/c1-21-6-5-9(12(17)18)14-11(16)7-3-2-4-8(13)10(7)15(19)20/h2-4,9H,5-6H2,1H3,(H,14,16)(H,17,18). The fourth-order valence-electron chi connectivity index (χ4n) is 1.61. The molecule has 21 heavy (non-hydrogen) atoms. The summed E-state index contributed by atoms with van der Waals surface area (Å²) < 4.78 is 0. The smallest absolute Gasteiger partial charge is 0.326 e. The summed E-state index contributed by atoms with van der Waals surface area (Å²) in [6.07, 6.45) is 2.03. The molecule has 1 aromatic carbocycles. The first-order valence-electron chi connectivity index (χ1n) is 5.84. The highest BCUT2D eigenvalue weighted by Gasteiger charge is 2.27. The van der Waals surface area contributed by atoms with Crippen LogP contribution in [0.3, 0.4) is 0 Å². The van der Waals surface area contributed by atoms with Crippen molar-refractivity contribution in [1.82, 2.24) is 5.32 Å². The number of benzene rings is 1. The first-order valence-corrected chi connectivity index (χ1v) is 7.61. The Balaban J connectivity index is 3.00. The van der Waals surface area contributed by atoms with Crippen LogP contribution in [-0.2, 0) is 4.79 Å². The Bertz CT molecular complexity index is 567. The molecule has 0 aromatic heterocycles. The van der Waals surface area contributed by atoms with Crippen LogP contribution < -0.4 is 5.32 Å². The van der Waals surface area contributed by atoms with Crippen molar-refractivity contribution >= 4 is 40.9 Å². The molecule has 0 radical (unpaired) electrons. The maximum absolute atomic E-state index is 12.1. The Labute approximate surface area is 129 Å². The van der Waals surface area contributed by atoms with E-state index in [1.54, 1.807) is 0 Å². The zero-order valence-electron chi connectivity index (χ0n) is 11.0. The minimum Gasteiger partial charge on any atom is -0.480 e. The molecule has 0 aliphatic carbocycles. The number of thioether (sulfide) groups is 1. The fourth-order valence-corrected chi connectivity index (χ4v) is 2.33. The van der Waals surface area contributed by atoms with E-state index in [1.165, 1.54) is 30.0 Å². The number of nitrogens with zero attached hydrogens (tertiary/aromatic N) is 1. The summed E-state index contributed by atoms with van der Waals surface area (Å²) in [5.74, 6) is -1.49. The van der Waals surface area contributed by atoms with Gasteiger partial charge in [-0.1, -0.05) is 17.7 Å². The summed E-state index contributed by atoms with van der Waals surface area (Å²) >= 11 is 7.15. The molecule has 114 valence electrons. The molecule has 9 heteroatoms. The lowest BCUT2D eigenvalue weighted by atomic mass is 10.1. The van der Waals surface area contributed by atoms with E-state index in [0.717, 1.165) is 0 Å². The van der Waals surface area contributed by atoms with Gasteiger partial charge in [0.1, 0.15) is 16.6 Å². The topological polar surface area (TPSA) is 110 Å². The predicted octanol–water partition coefficient (Wildman–Crippen LogP) is 2.18. The van der Waals surface area contributed by atoms with E-state index in [4.69, 9.17) is 16.7 Å². The lowest BCUT2D eigenvalue weighted by Gasteiger charge is -2.14. The van der Waals surface area contributed by atoms with Crippen molar-refractivity contribution in [2.24, 2.45) is 0 Å². The zero-order valence-corrected chi connectivity index (χ0v) is 12.6. The molecule has 0 heterocycles. The van der Waals surface area contributed by atoms with Gasteiger partial charge in [-0.3, -0.25) is 14.9 Å². The summed E-state index contributed by atoms with van der Waals surface area (Å²) in [7, 11) is 0. The highest BCUT2D eigenvalue weighted by atomic mass is 35.5. The Morgan fingerprint density at radius 3 is 2.71 bits per heavy atom. The van der Waals surface area contributed by atoms with E-state index in [-0.39, 0.29) is 17.0 Å². The van der Waals surface area contributed by atoms with Gasteiger partial charge in [-0.2, -0.15) is 11.8 Å². The molecule has 2 N–H and O–H groups in total. The molecule has 0 aliphatic heterocycles. The molecular formula is C12H13ClN2O5S. The van der Waals surface area contributed by atoms with Crippen LogP contribution in [0.15, 0.2) is 18.2 Å². The summed E-state index contributed by atoms with van der Waals surface area (Å²) in [6, 6.07) is 2.80. The summed E-state index contributed by atoms with van der Waals surface area (Å²) in [5.41, 5.74) is -0.798. The van der Waals surface area contributed by atoms with E-state index < -0.39 is 28.5 Å². The Morgan fingerprint density at radius 2 is 2.19 bits per heavy atom. The minimum atomic E-state index is -1.19. The molecule has 0 saturated heterocycles. The molecule has 0 aliphatic rings. The van der Waals surface area contributed by atoms with Crippen LogP contribution in [0.5, 0.6) is 0 Å². The molecule has 1 unspecified atom stereocenters. The molecular weight excluding hydrogens is 320 g/mol. The highest BCUT2D eigenvalue weighted by Crippen LogP contribution is 2.28. The zero-order chi connectivity index (χ0) is 16.0. The first-order chi connectivity index (χ1) is 9.88. The predicted molar refractivity (Wildman–Crippen MR) is 80.0 cm³/mol. The number of rotatable bonds is 7. The van der Waals surface area contributed by atoms with Crippen LogP contribution >= 0.6 is 23.4 Å². The number of para-hydroxylation sites is 1. The van der Waals surface area contributed by atoms with E-state index >= 15 is 0 Å². The van der Waals surface area contributed by atoms with Gasteiger partial charge in [0.25, 0.3) is 5.91 Å². The Hall–Kier alpha value is -1.80. The summed E-state index contributed by atoms with van der Waals surface area (Å²) in [5, 5.41) is 22.1. The Kier molecular flexibility index (Phi) is 6.44. The molecule has 0 bridgehead atoms. The van der Waals surface area contributed by atoms with Crippen molar-refractivity contribution < 1.29 is 19.6 Å². The van der Waals surface area contributed by atoms with Crippen molar-refractivity contribution in [2.45, 2.75) is 12.5 Å². The number of aliphatic carboxylic acids is 1. The van der Waals surface area contributed by atoms with Gasteiger partial charge in [-0.25, -0.2) is 4.79 Å². The van der Waals surface area contributed by atoms with Crippen molar-refractivity contribution in [3.8, 4) is 0 Å². The van der Waals surface area contributed by atoms with Crippen LogP contribution in [-0.4, -0.2) is 40.0 Å². The molecule has 7 nitrogen and oxygen atoms in total. The third-order valence-corrected chi connectivity index (χ3v) is 3.58. The van der Waals surface area contributed by atoms with E-state index in [0.29, 0.717) is 5.75 Å². The average molecular weight is 333 g/mol. The second-order valence-corrected chi connectivity index (χ2v) is 5.43. The van der Waals surface area contributed by atoms with Gasteiger partial charge >= 0.3 is 11.7 Å². The van der Waals surface area contributed by atoms with E-state index in [1.807, 2.05) is 6.26 Å². The second-order valence-electron chi connectivity index (χ2n) is 4.04. The molecule has 0 spiro atoms. The van der Waals surface area contributed by atoms with Crippen molar-refractivity contribution in [1.29, 1.82) is 0 Å². The van der Waals surface area contributed by atoms with Crippen molar-refractivity contribution in [2.75, 3.05) is 12.0 Å². The molecule has 1 atom stereocenters.